The van der Waals surface area contributed by atoms with E-state index >= 15 is 0 Å². The first-order valence-corrected chi connectivity index (χ1v) is 5.60. The van der Waals surface area contributed by atoms with Crippen molar-refractivity contribution in [3.8, 4) is 11.3 Å². The Morgan fingerprint density at radius 1 is 0.941 bits per heavy atom. The molecule has 0 aliphatic rings. The van der Waals surface area contributed by atoms with Crippen LogP contribution in [0.2, 0.25) is 0 Å². The zero-order chi connectivity index (χ0) is 11.7. The van der Waals surface area contributed by atoms with Crippen LogP contribution in [-0.4, -0.2) is 9.97 Å². The van der Waals surface area contributed by atoms with Gasteiger partial charge in [0, 0.05) is 29.5 Å². The summed E-state index contributed by atoms with van der Waals surface area (Å²) in [6.07, 6.45) is 5.60. The van der Waals surface area contributed by atoms with Gasteiger partial charge in [-0.05, 0) is 30.0 Å². The summed E-state index contributed by atoms with van der Waals surface area (Å²) in [7, 11) is 0. The van der Waals surface area contributed by atoms with Crippen LogP contribution in [0.3, 0.4) is 0 Å². The third-order valence-electron chi connectivity index (χ3n) is 2.87. The Hall–Kier alpha value is -2.22. The fraction of sp³-hybridized carbons (Fsp3) is 0.0667. The van der Waals surface area contributed by atoms with Gasteiger partial charge in [0.25, 0.3) is 0 Å². The normalized spacial score (nSPS) is 10.6. The second-order valence-corrected chi connectivity index (χ2v) is 4.12. The van der Waals surface area contributed by atoms with Gasteiger partial charge in [-0.1, -0.05) is 24.3 Å². The molecule has 0 N–H and O–H groups in total. The van der Waals surface area contributed by atoms with Crippen LogP contribution in [0.15, 0.2) is 55.0 Å². The summed E-state index contributed by atoms with van der Waals surface area (Å²) < 4.78 is 0. The van der Waals surface area contributed by atoms with Crippen molar-refractivity contribution in [3.63, 3.8) is 0 Å². The van der Waals surface area contributed by atoms with Crippen LogP contribution in [0, 0.1) is 6.92 Å². The molecule has 0 radical (unpaired) electrons. The van der Waals surface area contributed by atoms with E-state index in [0.717, 1.165) is 16.6 Å². The summed E-state index contributed by atoms with van der Waals surface area (Å²) in [6, 6.07) is 12.4. The maximum Gasteiger partial charge on any atom is 0.0708 e. The Balaban J connectivity index is 2.27. The lowest BCUT2D eigenvalue weighted by atomic mass is 10.0. The summed E-state index contributed by atoms with van der Waals surface area (Å²) in [5.41, 5.74) is 3.30. The number of benzene rings is 1. The maximum absolute atomic E-state index is 4.47. The highest BCUT2D eigenvalue weighted by molar-refractivity contribution is 5.95. The van der Waals surface area contributed by atoms with E-state index in [1.165, 1.54) is 10.9 Å². The quantitative estimate of drug-likeness (QED) is 0.626. The third-order valence-corrected chi connectivity index (χ3v) is 2.87. The molecule has 82 valence electrons. The van der Waals surface area contributed by atoms with E-state index in [4.69, 9.17) is 0 Å². The highest BCUT2D eigenvalue weighted by Crippen LogP contribution is 2.26. The molecule has 1 aromatic carbocycles. The summed E-state index contributed by atoms with van der Waals surface area (Å²) in [5.74, 6) is 0. The second-order valence-electron chi connectivity index (χ2n) is 4.12. The number of hydrogen-bond acceptors (Lipinski definition) is 2. The number of hydrogen-bond donors (Lipinski definition) is 0. The first-order valence-electron chi connectivity index (χ1n) is 5.60. The summed E-state index contributed by atoms with van der Waals surface area (Å²) >= 11 is 0. The molecule has 0 atom stereocenters. The van der Waals surface area contributed by atoms with Gasteiger partial charge in [-0.25, -0.2) is 0 Å². The van der Waals surface area contributed by atoms with Crippen LogP contribution in [0.4, 0.5) is 0 Å². The molecule has 0 aliphatic heterocycles. The Kier molecular flexibility index (Phi) is 2.33. The number of aromatic nitrogens is 2. The molecule has 2 aromatic heterocycles. The zero-order valence-electron chi connectivity index (χ0n) is 9.59. The molecule has 0 spiro atoms. The minimum absolute atomic E-state index is 0.995. The van der Waals surface area contributed by atoms with Crippen molar-refractivity contribution in [2.24, 2.45) is 0 Å². The molecule has 2 heteroatoms. The largest absolute Gasteiger partial charge is 0.264 e. The lowest BCUT2D eigenvalue weighted by molar-refractivity contribution is 1.27. The standard InChI is InChI=1S/C15H12N2/c1-11-5-6-15(17-9-11)13-4-2-3-12-7-8-16-10-14(12)13/h2-10H,1H3. The molecule has 0 saturated heterocycles. The lowest BCUT2D eigenvalue weighted by Crippen LogP contribution is -1.86. The molecular weight excluding hydrogens is 208 g/mol. The molecular formula is C15H12N2. The number of pyridine rings is 2. The van der Waals surface area contributed by atoms with Gasteiger partial charge < -0.3 is 0 Å². The minimum Gasteiger partial charge on any atom is -0.264 e. The second kappa shape index (κ2) is 3.98. The molecule has 0 amide bonds. The minimum atomic E-state index is 0.995. The van der Waals surface area contributed by atoms with Gasteiger partial charge in [-0.15, -0.1) is 0 Å². The average molecular weight is 220 g/mol. The van der Waals surface area contributed by atoms with Crippen LogP contribution in [0.25, 0.3) is 22.0 Å². The molecule has 0 aliphatic carbocycles. The van der Waals surface area contributed by atoms with E-state index in [9.17, 15) is 0 Å². The van der Waals surface area contributed by atoms with Gasteiger partial charge in [0.1, 0.15) is 0 Å². The summed E-state index contributed by atoms with van der Waals surface area (Å²) in [5, 5.41) is 2.34. The van der Waals surface area contributed by atoms with E-state index in [1.807, 2.05) is 31.6 Å². The van der Waals surface area contributed by atoms with Crippen molar-refractivity contribution in [2.45, 2.75) is 6.92 Å². The molecule has 2 nitrogen and oxygen atoms in total. The first kappa shape index (κ1) is 9.97. The average Bonchev–Trinajstić information content (AvgIpc) is 2.39. The molecule has 0 unspecified atom stereocenters. The van der Waals surface area contributed by atoms with Crippen molar-refractivity contribution in [2.75, 3.05) is 0 Å². The van der Waals surface area contributed by atoms with Crippen LogP contribution < -0.4 is 0 Å². The van der Waals surface area contributed by atoms with Crippen LogP contribution >= 0.6 is 0 Å². The summed E-state index contributed by atoms with van der Waals surface area (Å²) in [6.45, 7) is 2.04. The van der Waals surface area contributed by atoms with E-state index in [2.05, 4.69) is 40.3 Å². The van der Waals surface area contributed by atoms with Gasteiger partial charge in [0.15, 0.2) is 0 Å². The number of aryl methyl sites for hydroxylation is 1. The number of nitrogens with zero attached hydrogens (tertiary/aromatic N) is 2. The Morgan fingerprint density at radius 3 is 2.71 bits per heavy atom. The van der Waals surface area contributed by atoms with Gasteiger partial charge in [-0.3, -0.25) is 9.97 Å². The van der Waals surface area contributed by atoms with Crippen LogP contribution in [0.5, 0.6) is 0 Å². The molecule has 2 heterocycles. The van der Waals surface area contributed by atoms with Crippen LogP contribution in [-0.2, 0) is 0 Å². The van der Waals surface area contributed by atoms with Crippen molar-refractivity contribution in [1.29, 1.82) is 0 Å². The zero-order valence-corrected chi connectivity index (χ0v) is 9.59. The maximum atomic E-state index is 4.47. The highest BCUT2D eigenvalue weighted by atomic mass is 14.7. The van der Waals surface area contributed by atoms with Gasteiger partial charge in [-0.2, -0.15) is 0 Å². The smallest absolute Gasteiger partial charge is 0.0708 e. The summed E-state index contributed by atoms with van der Waals surface area (Å²) in [4.78, 5) is 8.66. The predicted molar refractivity (Wildman–Crippen MR) is 69.7 cm³/mol. The molecule has 0 saturated carbocycles. The van der Waals surface area contributed by atoms with E-state index in [1.54, 1.807) is 0 Å². The van der Waals surface area contributed by atoms with E-state index < -0.39 is 0 Å². The predicted octanol–water partition coefficient (Wildman–Crippen LogP) is 3.61. The van der Waals surface area contributed by atoms with E-state index in [0.29, 0.717) is 0 Å². The number of rotatable bonds is 1. The third kappa shape index (κ3) is 1.78. The SMILES string of the molecule is Cc1ccc(-c2cccc3ccncc23)nc1. The fourth-order valence-corrected chi connectivity index (χ4v) is 1.96. The Labute approximate surface area is 100.0 Å². The van der Waals surface area contributed by atoms with Crippen molar-refractivity contribution < 1.29 is 0 Å². The van der Waals surface area contributed by atoms with Crippen LogP contribution in [0.1, 0.15) is 5.56 Å². The Bertz CT molecular complexity index is 652. The fourth-order valence-electron chi connectivity index (χ4n) is 1.96. The molecule has 3 aromatic rings. The van der Waals surface area contributed by atoms with Gasteiger partial charge >= 0.3 is 0 Å². The molecule has 3 rings (SSSR count). The monoisotopic (exact) mass is 220 g/mol. The molecule has 0 bridgehead atoms. The van der Waals surface area contributed by atoms with Gasteiger partial charge in [0.05, 0.1) is 5.69 Å². The van der Waals surface area contributed by atoms with E-state index in [-0.39, 0.29) is 0 Å². The molecule has 17 heavy (non-hydrogen) atoms. The Morgan fingerprint density at radius 2 is 1.88 bits per heavy atom. The number of fused-ring (bicyclic) bond motifs is 1. The van der Waals surface area contributed by atoms with Gasteiger partial charge in [0.2, 0.25) is 0 Å². The molecule has 0 fully saturated rings. The van der Waals surface area contributed by atoms with Crippen molar-refractivity contribution in [3.05, 3.63) is 60.6 Å². The van der Waals surface area contributed by atoms with Crippen molar-refractivity contribution in [1.82, 2.24) is 9.97 Å². The highest BCUT2D eigenvalue weighted by Gasteiger charge is 2.04. The topological polar surface area (TPSA) is 25.8 Å². The lowest BCUT2D eigenvalue weighted by Gasteiger charge is -2.05. The first-order chi connectivity index (χ1) is 8.34. The van der Waals surface area contributed by atoms with Crippen molar-refractivity contribution >= 4 is 10.8 Å².